The molecule has 0 fully saturated rings. The van der Waals surface area contributed by atoms with Crippen molar-refractivity contribution in [3.63, 3.8) is 0 Å². The zero-order chi connectivity index (χ0) is 15.4. The van der Waals surface area contributed by atoms with Gasteiger partial charge < -0.3 is 39.1 Å². The van der Waals surface area contributed by atoms with Gasteiger partial charge in [0, 0.05) is 0 Å². The molecule has 0 radical (unpaired) electrons. The molecule has 0 heterocycles. The van der Waals surface area contributed by atoms with Gasteiger partial charge in [0.05, 0.1) is 0 Å². The Morgan fingerprint density at radius 2 is 0.842 bits per heavy atom. The first-order valence-electron chi connectivity index (χ1n) is 3.04. The van der Waals surface area contributed by atoms with E-state index in [0.29, 0.717) is 0 Å². The molecule has 0 saturated carbocycles. The predicted molar refractivity (Wildman–Crippen MR) is 48.1 cm³/mol. The molecular weight excluding hydrogens is 387 g/mol. The van der Waals surface area contributed by atoms with Gasteiger partial charge in [0.2, 0.25) is 0 Å². The van der Waals surface area contributed by atoms with Crippen LogP contribution in [0.1, 0.15) is 0 Å². The molecule has 19 heavy (non-hydrogen) atoms. The molecule has 0 aliphatic heterocycles. The summed E-state index contributed by atoms with van der Waals surface area (Å²) in [5, 5.41) is 0. The minimum atomic E-state index is -5.30. The van der Waals surface area contributed by atoms with E-state index in [0.717, 1.165) is 0 Å². The first-order chi connectivity index (χ1) is 7.41. The quantitative estimate of drug-likeness (QED) is 0.174. The van der Waals surface area contributed by atoms with Crippen LogP contribution in [0.2, 0.25) is 0 Å². The van der Waals surface area contributed by atoms with Crippen molar-refractivity contribution in [3.8, 4) is 0 Å². The van der Waals surface area contributed by atoms with E-state index in [1.807, 2.05) is 0 Å². The first-order valence-corrected chi connectivity index (χ1v) is 9.13. The van der Waals surface area contributed by atoms with Crippen molar-refractivity contribution in [2.75, 3.05) is 0 Å². The molecule has 0 aromatic carbocycles. The second kappa shape index (κ2) is 9.33. The maximum atomic E-state index is 9.63. The van der Waals surface area contributed by atoms with E-state index in [-0.39, 0.29) is 51.4 Å². The zero-order valence-electron chi connectivity index (χ0n) is 8.78. The van der Waals surface area contributed by atoms with Crippen LogP contribution in [0.4, 0.5) is 0 Å². The Morgan fingerprint density at radius 3 is 0.842 bits per heavy atom. The predicted octanol–water partition coefficient (Wildman–Crippen LogP) is -5.25. The topological polar surface area (TPSA) is 251 Å². The second-order valence-electron chi connectivity index (χ2n) is 2.10. The second-order valence-corrected chi connectivity index (χ2v) is 7.29. The maximum absolute atomic E-state index is 9.63. The normalized spacial score (nSPS) is 15.6. The van der Waals surface area contributed by atoms with Gasteiger partial charge in [-0.3, -0.25) is 4.57 Å². The van der Waals surface area contributed by atoms with Crippen molar-refractivity contribution in [2.24, 2.45) is 0 Å². The summed E-state index contributed by atoms with van der Waals surface area (Å²) in [5.74, 6) is 0. The third-order valence-corrected chi connectivity index (χ3v) is 3.80. The number of hydrogen-bond donors (Lipinski definition) is 7. The standard InChI is InChI=1S/K.2H4O7P2/c;2*1-8(2,3)7-9(4,5)6/h;2*(H2,1,2,3)(H2,4,5,6)/q+1;;/p-1. The Morgan fingerprint density at radius 1 is 0.632 bits per heavy atom. The van der Waals surface area contributed by atoms with E-state index >= 15 is 0 Å². The molecule has 0 aromatic rings. The fraction of sp³-hybridized carbons (Fsp3) is 0. The molecular formula is H7KO14P4. The zero-order valence-corrected chi connectivity index (χ0v) is 15.5. The average Bonchev–Trinajstić information content (AvgIpc) is 1.64. The van der Waals surface area contributed by atoms with Crippen LogP contribution in [0.25, 0.3) is 0 Å². The minimum Gasteiger partial charge on any atom is -0.756 e. The van der Waals surface area contributed by atoms with Gasteiger partial charge in [-0.1, -0.05) is 0 Å². The molecule has 112 valence electrons. The smallest absolute Gasteiger partial charge is 0.756 e. The first kappa shape index (κ1) is 26.1. The molecule has 19 heteroatoms. The molecule has 0 aromatic heterocycles. The van der Waals surface area contributed by atoms with E-state index in [9.17, 15) is 23.2 Å². The molecule has 0 amide bonds. The molecule has 0 aliphatic carbocycles. The Balaban J connectivity index is -0.000000256. The molecule has 0 saturated heterocycles. The third-order valence-electron chi connectivity index (χ3n) is 0.422. The van der Waals surface area contributed by atoms with Crippen molar-refractivity contribution in [1.82, 2.24) is 0 Å². The third kappa shape index (κ3) is 33.2. The van der Waals surface area contributed by atoms with Crippen molar-refractivity contribution < 1.29 is 117 Å². The van der Waals surface area contributed by atoms with Gasteiger partial charge in [-0.05, 0) is 0 Å². The fourth-order valence-corrected chi connectivity index (χ4v) is 2.46. The Hall–Kier alpha value is 2.16. The van der Waals surface area contributed by atoms with Crippen LogP contribution in [0.3, 0.4) is 0 Å². The van der Waals surface area contributed by atoms with E-state index < -0.39 is 31.3 Å². The summed E-state index contributed by atoms with van der Waals surface area (Å²) >= 11 is 0. The molecule has 14 nitrogen and oxygen atoms in total. The van der Waals surface area contributed by atoms with Crippen LogP contribution in [0.15, 0.2) is 0 Å². The summed E-state index contributed by atoms with van der Waals surface area (Å²) < 4.78 is 44.2. The molecule has 0 spiro atoms. The Bertz CT molecular complexity index is 342. The summed E-state index contributed by atoms with van der Waals surface area (Å²) in [7, 11) is -20.5. The van der Waals surface area contributed by atoms with Gasteiger partial charge >= 0.3 is 74.9 Å². The van der Waals surface area contributed by atoms with Crippen molar-refractivity contribution in [1.29, 1.82) is 0 Å². The van der Waals surface area contributed by atoms with Crippen LogP contribution in [-0.2, 0) is 26.9 Å². The Kier molecular flexibility index (Phi) is 12.8. The van der Waals surface area contributed by atoms with E-state index in [2.05, 4.69) is 8.62 Å². The summed E-state index contributed by atoms with van der Waals surface area (Å²) in [6.45, 7) is 0. The van der Waals surface area contributed by atoms with Gasteiger partial charge in [-0.15, -0.1) is 0 Å². The van der Waals surface area contributed by atoms with Gasteiger partial charge in [0.15, 0.2) is 0 Å². The van der Waals surface area contributed by atoms with Crippen LogP contribution in [-0.4, -0.2) is 34.3 Å². The summed E-state index contributed by atoms with van der Waals surface area (Å²) in [6, 6.07) is 0. The maximum Gasteiger partial charge on any atom is 1.00 e. The van der Waals surface area contributed by atoms with Gasteiger partial charge in [0.25, 0.3) is 7.82 Å². The molecule has 7 N–H and O–H groups in total. The fourth-order valence-electron chi connectivity index (χ4n) is 0.273. The Labute approximate surface area is 147 Å². The van der Waals surface area contributed by atoms with E-state index in [1.165, 1.54) is 0 Å². The molecule has 0 rings (SSSR count). The SMILES string of the molecule is O=P(O)(O)OP(=O)(O)O.O=P([O-])(O)OP(=O)(O)O.[K+]. The van der Waals surface area contributed by atoms with E-state index in [1.54, 1.807) is 0 Å². The number of rotatable bonds is 4. The molecule has 0 bridgehead atoms. The van der Waals surface area contributed by atoms with Crippen LogP contribution in [0.5, 0.6) is 0 Å². The molecule has 0 aliphatic rings. The monoisotopic (exact) mass is 394 g/mol. The van der Waals surface area contributed by atoms with Crippen LogP contribution in [0, 0.1) is 0 Å². The summed E-state index contributed by atoms with van der Waals surface area (Å²) in [4.78, 5) is 63.6. The summed E-state index contributed by atoms with van der Waals surface area (Å²) in [5.41, 5.74) is 0. The number of hydrogen-bond acceptors (Lipinski definition) is 7. The molecule has 1 unspecified atom stereocenters. The van der Waals surface area contributed by atoms with Crippen molar-refractivity contribution in [2.45, 2.75) is 0 Å². The van der Waals surface area contributed by atoms with Crippen LogP contribution < -0.4 is 56.3 Å². The average molecular weight is 394 g/mol. The molecule has 1 atom stereocenters. The minimum absolute atomic E-state index is 0. The van der Waals surface area contributed by atoms with Gasteiger partial charge in [-0.25, -0.2) is 18.0 Å². The van der Waals surface area contributed by atoms with Crippen molar-refractivity contribution >= 4 is 31.3 Å². The summed E-state index contributed by atoms with van der Waals surface area (Å²) in [6.07, 6.45) is 0. The van der Waals surface area contributed by atoms with Crippen LogP contribution >= 0.6 is 31.3 Å². The van der Waals surface area contributed by atoms with Crippen molar-refractivity contribution in [3.05, 3.63) is 0 Å². The largest absolute Gasteiger partial charge is 1.00 e. The van der Waals surface area contributed by atoms with E-state index in [4.69, 9.17) is 34.3 Å². The van der Waals surface area contributed by atoms with Gasteiger partial charge in [-0.2, -0.15) is 4.31 Å². The number of phosphoric acid groups is 4. The van der Waals surface area contributed by atoms with Gasteiger partial charge in [0.1, 0.15) is 0 Å².